The van der Waals surface area contributed by atoms with Crippen molar-refractivity contribution in [1.82, 2.24) is 0 Å². The van der Waals surface area contributed by atoms with Gasteiger partial charge in [-0.05, 0) is 6.42 Å². The molecule has 0 unspecified atom stereocenters. The number of hydrogen-bond donors (Lipinski definition) is 3. The van der Waals surface area contributed by atoms with Crippen LogP contribution in [0.5, 0.6) is 0 Å². The molecule has 3 N–H and O–H groups in total. The minimum atomic E-state index is -1.16. The summed E-state index contributed by atoms with van der Waals surface area (Å²) in [7, 11) is 0. The Bertz CT molecular complexity index is 349. The number of rotatable bonds is 14. The normalized spacial score (nSPS) is 24.4. The minimum Gasteiger partial charge on any atom is -0.457 e. The number of aliphatic hydroxyl groups excluding tert-OH is 3. The topological polar surface area (TPSA) is 96.2 Å². The second-order valence-electron chi connectivity index (χ2n) is 7.00. The van der Waals surface area contributed by atoms with Gasteiger partial charge in [-0.1, -0.05) is 64.7 Å². The largest absolute Gasteiger partial charge is 0.457 e. The van der Waals surface area contributed by atoms with E-state index in [4.69, 9.17) is 14.6 Å². The van der Waals surface area contributed by atoms with Crippen LogP contribution < -0.4 is 0 Å². The maximum atomic E-state index is 11.9. The van der Waals surface area contributed by atoms with E-state index in [0.717, 1.165) is 19.3 Å². The Labute approximate surface area is 151 Å². The molecule has 25 heavy (non-hydrogen) atoms. The summed E-state index contributed by atoms with van der Waals surface area (Å²) >= 11 is 0. The summed E-state index contributed by atoms with van der Waals surface area (Å²) in [4.78, 5) is 11.9. The molecular weight excluding hydrogens is 324 g/mol. The molecule has 0 aromatic heterocycles. The number of esters is 1. The highest BCUT2D eigenvalue weighted by molar-refractivity contribution is 5.69. The van der Waals surface area contributed by atoms with E-state index >= 15 is 0 Å². The van der Waals surface area contributed by atoms with Crippen LogP contribution in [-0.4, -0.2) is 58.9 Å². The summed E-state index contributed by atoms with van der Waals surface area (Å²) in [6.45, 7) is 1.72. The van der Waals surface area contributed by atoms with Crippen molar-refractivity contribution in [3.8, 4) is 0 Å². The Balaban J connectivity index is 2.06. The predicted molar refractivity (Wildman–Crippen MR) is 95.2 cm³/mol. The Kier molecular flexibility index (Phi) is 12.1. The van der Waals surface area contributed by atoms with E-state index in [1.165, 1.54) is 44.9 Å². The second kappa shape index (κ2) is 13.5. The molecule has 6 nitrogen and oxygen atoms in total. The Hall–Kier alpha value is -0.690. The van der Waals surface area contributed by atoms with Crippen LogP contribution in [0.25, 0.3) is 0 Å². The van der Waals surface area contributed by atoms with Crippen molar-refractivity contribution in [1.29, 1.82) is 0 Å². The van der Waals surface area contributed by atoms with Crippen LogP contribution >= 0.6 is 0 Å². The molecule has 6 heteroatoms. The van der Waals surface area contributed by atoms with E-state index in [9.17, 15) is 15.0 Å². The quantitative estimate of drug-likeness (QED) is 0.325. The third kappa shape index (κ3) is 8.99. The smallest absolute Gasteiger partial charge is 0.306 e. The molecular formula is C19H36O6. The summed E-state index contributed by atoms with van der Waals surface area (Å²) in [5.74, 6) is -0.385. The van der Waals surface area contributed by atoms with E-state index in [0.29, 0.717) is 6.42 Å². The third-order valence-corrected chi connectivity index (χ3v) is 4.73. The minimum absolute atomic E-state index is 0.00205. The van der Waals surface area contributed by atoms with Gasteiger partial charge in [0.25, 0.3) is 0 Å². The van der Waals surface area contributed by atoms with Crippen LogP contribution in [0.2, 0.25) is 0 Å². The molecule has 0 aliphatic carbocycles. The molecule has 1 rings (SSSR count). The zero-order valence-corrected chi connectivity index (χ0v) is 15.6. The molecule has 0 radical (unpaired) electrons. The number of hydrogen-bond acceptors (Lipinski definition) is 6. The van der Waals surface area contributed by atoms with E-state index in [1.54, 1.807) is 0 Å². The number of aliphatic hydroxyl groups is 3. The predicted octanol–water partition coefficient (Wildman–Crippen LogP) is 2.32. The molecule has 1 fully saturated rings. The summed E-state index contributed by atoms with van der Waals surface area (Å²) < 4.78 is 10.5. The van der Waals surface area contributed by atoms with Crippen molar-refractivity contribution < 1.29 is 29.6 Å². The summed E-state index contributed by atoms with van der Waals surface area (Å²) in [5.41, 5.74) is 0. The molecule has 1 aliphatic heterocycles. The lowest BCUT2D eigenvalue weighted by atomic mass is 10.1. The van der Waals surface area contributed by atoms with Crippen molar-refractivity contribution in [2.75, 3.05) is 13.2 Å². The molecule has 0 aromatic rings. The van der Waals surface area contributed by atoms with Gasteiger partial charge in [0.05, 0.1) is 13.2 Å². The lowest BCUT2D eigenvalue weighted by molar-refractivity contribution is -0.160. The van der Waals surface area contributed by atoms with Gasteiger partial charge < -0.3 is 24.8 Å². The standard InChI is InChI=1S/C19H36O6/c1-2-3-4-5-6-7-8-9-10-11-12-17(23)25-19-16(22)14-24-18(19)15(21)13-20/h15-16,18-22H,2-14H2,1H3/t15-,16-,18-,19-/m1/s1. The number of ether oxygens (including phenoxy) is 2. The lowest BCUT2D eigenvalue weighted by Gasteiger charge is -2.23. The molecule has 4 atom stereocenters. The van der Waals surface area contributed by atoms with Crippen LogP contribution in [0, 0.1) is 0 Å². The molecule has 0 bridgehead atoms. The monoisotopic (exact) mass is 360 g/mol. The van der Waals surface area contributed by atoms with E-state index in [-0.39, 0.29) is 12.6 Å². The Morgan fingerprint density at radius 3 is 2.20 bits per heavy atom. The number of carbonyl (C=O) groups excluding carboxylic acids is 1. The first-order valence-electron chi connectivity index (χ1n) is 9.88. The fraction of sp³-hybridized carbons (Fsp3) is 0.947. The highest BCUT2D eigenvalue weighted by Gasteiger charge is 2.42. The fourth-order valence-electron chi connectivity index (χ4n) is 3.17. The zero-order chi connectivity index (χ0) is 18.5. The highest BCUT2D eigenvalue weighted by Crippen LogP contribution is 2.22. The first-order valence-corrected chi connectivity index (χ1v) is 9.88. The molecule has 1 saturated heterocycles. The van der Waals surface area contributed by atoms with Crippen molar-refractivity contribution >= 4 is 5.97 Å². The van der Waals surface area contributed by atoms with Gasteiger partial charge in [-0.15, -0.1) is 0 Å². The first-order chi connectivity index (χ1) is 12.1. The average molecular weight is 360 g/mol. The van der Waals surface area contributed by atoms with Crippen molar-refractivity contribution in [2.24, 2.45) is 0 Å². The van der Waals surface area contributed by atoms with Gasteiger partial charge in [0.15, 0.2) is 6.10 Å². The number of carbonyl (C=O) groups is 1. The lowest BCUT2D eigenvalue weighted by Crippen LogP contribution is -2.43. The molecule has 0 spiro atoms. The van der Waals surface area contributed by atoms with E-state index < -0.39 is 31.0 Å². The van der Waals surface area contributed by atoms with Crippen LogP contribution in [0.15, 0.2) is 0 Å². The highest BCUT2D eigenvalue weighted by atomic mass is 16.6. The van der Waals surface area contributed by atoms with Crippen LogP contribution in [0.3, 0.4) is 0 Å². The summed E-state index contributed by atoms with van der Waals surface area (Å²) in [5, 5.41) is 28.4. The van der Waals surface area contributed by atoms with E-state index in [2.05, 4.69) is 6.92 Å². The maximum absolute atomic E-state index is 11.9. The van der Waals surface area contributed by atoms with E-state index in [1.807, 2.05) is 0 Å². The fourth-order valence-corrected chi connectivity index (χ4v) is 3.17. The summed E-state index contributed by atoms with van der Waals surface area (Å²) in [6.07, 6.45) is 8.37. The molecule has 0 aromatic carbocycles. The molecule has 1 heterocycles. The molecule has 1 aliphatic rings. The zero-order valence-electron chi connectivity index (χ0n) is 15.6. The van der Waals surface area contributed by atoms with Crippen molar-refractivity contribution in [3.63, 3.8) is 0 Å². The van der Waals surface area contributed by atoms with Gasteiger partial charge in [-0.2, -0.15) is 0 Å². The Morgan fingerprint density at radius 2 is 1.64 bits per heavy atom. The Morgan fingerprint density at radius 1 is 1.08 bits per heavy atom. The van der Waals surface area contributed by atoms with Gasteiger partial charge in [-0.3, -0.25) is 4.79 Å². The van der Waals surface area contributed by atoms with Crippen molar-refractivity contribution in [2.45, 2.75) is 102 Å². The maximum Gasteiger partial charge on any atom is 0.306 e. The SMILES string of the molecule is CCCCCCCCCCCCC(=O)O[C@H]1[C@@H]([C@H](O)CO)OC[C@H]1O. The summed E-state index contributed by atoms with van der Waals surface area (Å²) in [6, 6.07) is 0. The number of unbranched alkanes of at least 4 members (excludes halogenated alkanes) is 9. The van der Waals surface area contributed by atoms with Gasteiger partial charge in [0, 0.05) is 6.42 Å². The van der Waals surface area contributed by atoms with Crippen LogP contribution in [0.4, 0.5) is 0 Å². The molecule has 0 saturated carbocycles. The van der Waals surface area contributed by atoms with Crippen LogP contribution in [0.1, 0.15) is 77.6 Å². The third-order valence-electron chi connectivity index (χ3n) is 4.73. The van der Waals surface area contributed by atoms with Gasteiger partial charge in [0.1, 0.15) is 18.3 Å². The second-order valence-corrected chi connectivity index (χ2v) is 7.00. The average Bonchev–Trinajstić information content (AvgIpc) is 2.96. The van der Waals surface area contributed by atoms with Gasteiger partial charge >= 0.3 is 5.97 Å². The van der Waals surface area contributed by atoms with Gasteiger partial charge in [-0.25, -0.2) is 0 Å². The van der Waals surface area contributed by atoms with Crippen molar-refractivity contribution in [3.05, 3.63) is 0 Å². The van der Waals surface area contributed by atoms with Crippen LogP contribution in [-0.2, 0) is 14.3 Å². The molecule has 148 valence electrons. The molecule has 0 amide bonds. The van der Waals surface area contributed by atoms with Gasteiger partial charge in [0.2, 0.25) is 0 Å². The first kappa shape index (κ1) is 22.4.